The third kappa shape index (κ3) is 2.68. The number of ether oxygens (including phenoxy) is 1. The molecular weight excluding hydrogens is 260 g/mol. The van der Waals surface area contributed by atoms with E-state index in [1.807, 2.05) is 25.1 Å². The van der Waals surface area contributed by atoms with E-state index < -0.39 is 6.10 Å². The maximum atomic E-state index is 10.9. The van der Waals surface area contributed by atoms with E-state index in [-0.39, 0.29) is 5.92 Å². The summed E-state index contributed by atoms with van der Waals surface area (Å²) in [4.78, 5) is 0. The average molecular weight is 282 g/mol. The minimum Gasteiger partial charge on any atom is -0.497 e. The summed E-state index contributed by atoms with van der Waals surface area (Å²) in [5.41, 5.74) is 4.80. The summed E-state index contributed by atoms with van der Waals surface area (Å²) in [5.74, 6) is 1.04. The van der Waals surface area contributed by atoms with Crippen LogP contribution in [-0.2, 0) is 6.42 Å². The van der Waals surface area contributed by atoms with Crippen LogP contribution < -0.4 is 4.74 Å². The van der Waals surface area contributed by atoms with Crippen molar-refractivity contribution in [1.82, 2.24) is 0 Å². The van der Waals surface area contributed by atoms with Crippen LogP contribution in [0.25, 0.3) is 0 Å². The first kappa shape index (κ1) is 14.2. The highest BCUT2D eigenvalue weighted by Crippen LogP contribution is 2.41. The second-order valence-corrected chi connectivity index (χ2v) is 5.86. The summed E-state index contributed by atoms with van der Waals surface area (Å²) in [6.45, 7) is 2.04. The first-order chi connectivity index (χ1) is 10.2. The van der Waals surface area contributed by atoms with Crippen molar-refractivity contribution in [3.63, 3.8) is 0 Å². The molecule has 3 rings (SSSR count). The number of benzene rings is 2. The number of aryl methyl sites for hydroxylation is 2. The molecule has 2 nitrogen and oxygen atoms in total. The van der Waals surface area contributed by atoms with Gasteiger partial charge in [0.1, 0.15) is 5.75 Å². The molecule has 0 aliphatic heterocycles. The molecule has 2 aromatic rings. The predicted molar refractivity (Wildman–Crippen MR) is 84.8 cm³/mol. The summed E-state index contributed by atoms with van der Waals surface area (Å²) in [6.07, 6.45) is 2.87. The molecule has 21 heavy (non-hydrogen) atoms. The number of aliphatic hydroxyl groups is 1. The molecule has 0 unspecified atom stereocenters. The van der Waals surface area contributed by atoms with Crippen LogP contribution in [0.1, 0.15) is 47.1 Å². The van der Waals surface area contributed by atoms with Crippen molar-refractivity contribution in [3.05, 3.63) is 64.7 Å². The fraction of sp³-hybridized carbons (Fsp3) is 0.368. The van der Waals surface area contributed by atoms with Crippen molar-refractivity contribution >= 4 is 0 Å². The SMILES string of the molecule is COc1ccc([C@@H](O)[C@H]2CCCc3ccccc32)c(C)c1. The van der Waals surface area contributed by atoms with Gasteiger partial charge >= 0.3 is 0 Å². The lowest BCUT2D eigenvalue weighted by molar-refractivity contribution is 0.135. The van der Waals surface area contributed by atoms with Gasteiger partial charge in [0, 0.05) is 5.92 Å². The first-order valence-electron chi connectivity index (χ1n) is 7.61. The molecule has 110 valence electrons. The lowest BCUT2D eigenvalue weighted by Crippen LogP contribution is -2.17. The van der Waals surface area contributed by atoms with Crippen LogP contribution in [-0.4, -0.2) is 12.2 Å². The first-order valence-corrected chi connectivity index (χ1v) is 7.61. The van der Waals surface area contributed by atoms with Crippen molar-refractivity contribution in [2.75, 3.05) is 7.11 Å². The van der Waals surface area contributed by atoms with Gasteiger partial charge in [-0.3, -0.25) is 0 Å². The summed E-state index contributed by atoms with van der Waals surface area (Å²) in [5, 5.41) is 10.9. The van der Waals surface area contributed by atoms with E-state index in [1.165, 1.54) is 11.1 Å². The van der Waals surface area contributed by atoms with E-state index >= 15 is 0 Å². The molecule has 0 saturated carbocycles. The molecule has 2 aromatic carbocycles. The molecule has 0 bridgehead atoms. The Bertz CT molecular complexity index is 633. The van der Waals surface area contributed by atoms with Crippen molar-refractivity contribution in [2.45, 2.75) is 38.2 Å². The van der Waals surface area contributed by atoms with Crippen molar-refractivity contribution < 1.29 is 9.84 Å². The van der Waals surface area contributed by atoms with Gasteiger partial charge in [0.2, 0.25) is 0 Å². The molecule has 0 heterocycles. The Labute approximate surface area is 126 Å². The van der Waals surface area contributed by atoms with Crippen molar-refractivity contribution in [2.24, 2.45) is 0 Å². The van der Waals surface area contributed by atoms with Crippen molar-refractivity contribution in [1.29, 1.82) is 0 Å². The molecule has 0 radical (unpaired) electrons. The third-order valence-corrected chi connectivity index (χ3v) is 4.59. The number of fused-ring (bicyclic) bond motifs is 1. The van der Waals surface area contributed by atoms with Crippen LogP contribution in [0.5, 0.6) is 5.75 Å². The number of hydrogen-bond donors (Lipinski definition) is 1. The Balaban J connectivity index is 1.94. The second-order valence-electron chi connectivity index (χ2n) is 5.86. The Hall–Kier alpha value is -1.80. The summed E-state index contributed by atoms with van der Waals surface area (Å²) >= 11 is 0. The van der Waals surface area contributed by atoms with E-state index in [0.717, 1.165) is 36.1 Å². The molecule has 0 spiro atoms. The summed E-state index contributed by atoms with van der Waals surface area (Å²) < 4.78 is 5.25. The zero-order valence-electron chi connectivity index (χ0n) is 12.7. The largest absolute Gasteiger partial charge is 0.497 e. The van der Waals surface area contributed by atoms with Gasteiger partial charge in [-0.2, -0.15) is 0 Å². The Morgan fingerprint density at radius 1 is 1.19 bits per heavy atom. The molecule has 2 atom stereocenters. The number of rotatable bonds is 3. The molecule has 2 heteroatoms. The Morgan fingerprint density at radius 2 is 2.00 bits per heavy atom. The van der Waals surface area contributed by atoms with Gasteiger partial charge < -0.3 is 9.84 Å². The quantitative estimate of drug-likeness (QED) is 0.916. The highest BCUT2D eigenvalue weighted by molar-refractivity contribution is 5.40. The van der Waals surface area contributed by atoms with E-state index in [2.05, 4.69) is 24.3 Å². The fourth-order valence-corrected chi connectivity index (χ4v) is 3.44. The average Bonchev–Trinajstić information content (AvgIpc) is 2.53. The molecular formula is C19H22O2. The van der Waals surface area contributed by atoms with Gasteiger partial charge in [-0.25, -0.2) is 0 Å². The van der Waals surface area contributed by atoms with E-state index in [4.69, 9.17) is 4.74 Å². The molecule has 0 saturated heterocycles. The van der Waals surface area contributed by atoms with Crippen LogP contribution in [0.4, 0.5) is 0 Å². The zero-order chi connectivity index (χ0) is 14.8. The van der Waals surface area contributed by atoms with Crippen molar-refractivity contribution in [3.8, 4) is 5.75 Å². The number of hydrogen-bond acceptors (Lipinski definition) is 2. The van der Waals surface area contributed by atoms with Gasteiger partial charge in [0.05, 0.1) is 13.2 Å². The fourth-order valence-electron chi connectivity index (χ4n) is 3.44. The van der Waals surface area contributed by atoms with Crippen LogP contribution in [0.15, 0.2) is 42.5 Å². The monoisotopic (exact) mass is 282 g/mol. The van der Waals surface area contributed by atoms with Crippen LogP contribution in [0, 0.1) is 6.92 Å². The minimum atomic E-state index is -0.447. The lowest BCUT2D eigenvalue weighted by atomic mass is 9.77. The van der Waals surface area contributed by atoms with Crippen LogP contribution in [0.2, 0.25) is 0 Å². The lowest BCUT2D eigenvalue weighted by Gasteiger charge is -2.30. The van der Waals surface area contributed by atoms with Crippen LogP contribution in [0.3, 0.4) is 0 Å². The number of aliphatic hydroxyl groups excluding tert-OH is 1. The number of methoxy groups -OCH3 is 1. The maximum Gasteiger partial charge on any atom is 0.119 e. The molecule has 1 aliphatic carbocycles. The van der Waals surface area contributed by atoms with E-state index in [9.17, 15) is 5.11 Å². The topological polar surface area (TPSA) is 29.5 Å². The van der Waals surface area contributed by atoms with Gasteiger partial charge in [-0.1, -0.05) is 30.3 Å². The third-order valence-electron chi connectivity index (χ3n) is 4.59. The normalized spacial score (nSPS) is 18.9. The van der Waals surface area contributed by atoms with E-state index in [0.29, 0.717) is 0 Å². The molecule has 0 amide bonds. The minimum absolute atomic E-state index is 0.196. The summed E-state index contributed by atoms with van der Waals surface area (Å²) in [7, 11) is 1.67. The van der Waals surface area contributed by atoms with Gasteiger partial charge in [-0.05, 0) is 60.6 Å². The van der Waals surface area contributed by atoms with Crippen LogP contribution >= 0.6 is 0 Å². The smallest absolute Gasteiger partial charge is 0.119 e. The predicted octanol–water partition coefficient (Wildman–Crippen LogP) is 4.16. The Kier molecular flexibility index (Phi) is 3.98. The van der Waals surface area contributed by atoms with Gasteiger partial charge in [0.15, 0.2) is 0 Å². The Morgan fingerprint density at radius 3 is 2.76 bits per heavy atom. The highest BCUT2D eigenvalue weighted by Gasteiger charge is 2.28. The second kappa shape index (κ2) is 5.90. The molecule has 1 aliphatic rings. The molecule has 0 aromatic heterocycles. The maximum absolute atomic E-state index is 10.9. The van der Waals surface area contributed by atoms with Gasteiger partial charge in [-0.15, -0.1) is 0 Å². The standard InChI is InChI=1S/C19H22O2/c1-13-12-15(21-2)10-11-16(13)19(20)18-9-5-7-14-6-3-4-8-17(14)18/h3-4,6,8,10-12,18-20H,5,7,9H2,1-2H3/t18-,19+/m0/s1. The van der Waals surface area contributed by atoms with Gasteiger partial charge in [0.25, 0.3) is 0 Å². The van der Waals surface area contributed by atoms with E-state index in [1.54, 1.807) is 7.11 Å². The molecule has 0 fully saturated rings. The molecule has 1 N–H and O–H groups in total. The summed E-state index contributed by atoms with van der Waals surface area (Å²) in [6, 6.07) is 14.4. The highest BCUT2D eigenvalue weighted by atomic mass is 16.5. The zero-order valence-corrected chi connectivity index (χ0v) is 12.7.